The quantitative estimate of drug-likeness (QED) is 0.493. The number of rotatable bonds is 3. The summed E-state index contributed by atoms with van der Waals surface area (Å²) in [6.07, 6.45) is 0.890. The average molecular weight is 304 g/mol. The van der Waals surface area contributed by atoms with Gasteiger partial charge in [-0.1, -0.05) is 18.2 Å². The maximum atomic E-state index is 13.2. The van der Waals surface area contributed by atoms with E-state index >= 15 is 0 Å². The minimum absolute atomic E-state index is 0.147. The second-order valence-electron chi connectivity index (χ2n) is 5.53. The van der Waals surface area contributed by atoms with Gasteiger partial charge in [-0.05, 0) is 55.2 Å². The van der Waals surface area contributed by atoms with E-state index in [1.54, 1.807) is 12.1 Å². The molecule has 1 saturated carbocycles. The fourth-order valence-electron chi connectivity index (χ4n) is 2.81. The SMILES string of the molecule is Fc1ccc(C2CCC(C=CCC(F)(F)F)CC2)cc1F. The summed E-state index contributed by atoms with van der Waals surface area (Å²) in [5.74, 6) is -1.40. The third kappa shape index (κ3) is 4.83. The Balaban J connectivity index is 1.87. The van der Waals surface area contributed by atoms with Crippen molar-refractivity contribution in [1.82, 2.24) is 0 Å². The van der Waals surface area contributed by atoms with Gasteiger partial charge in [0.1, 0.15) is 0 Å². The molecule has 0 amide bonds. The van der Waals surface area contributed by atoms with Crippen molar-refractivity contribution in [3.05, 3.63) is 47.5 Å². The van der Waals surface area contributed by atoms with Gasteiger partial charge in [0.05, 0.1) is 6.42 Å². The van der Waals surface area contributed by atoms with Crippen LogP contribution in [0, 0.1) is 17.6 Å². The molecular weight excluding hydrogens is 287 g/mol. The van der Waals surface area contributed by atoms with Crippen LogP contribution in [-0.2, 0) is 0 Å². The molecule has 0 bridgehead atoms. The van der Waals surface area contributed by atoms with Crippen molar-refractivity contribution in [2.75, 3.05) is 0 Å². The molecule has 1 aromatic rings. The molecular formula is C16H17F5. The number of allylic oxidation sites excluding steroid dienone is 2. The van der Waals surface area contributed by atoms with Gasteiger partial charge in [-0.3, -0.25) is 0 Å². The second kappa shape index (κ2) is 6.58. The van der Waals surface area contributed by atoms with Gasteiger partial charge in [-0.15, -0.1) is 0 Å². The van der Waals surface area contributed by atoms with E-state index in [9.17, 15) is 22.0 Å². The highest BCUT2D eigenvalue weighted by molar-refractivity contribution is 5.22. The molecule has 0 aliphatic heterocycles. The minimum Gasteiger partial charge on any atom is -0.204 e. The highest BCUT2D eigenvalue weighted by atomic mass is 19.4. The van der Waals surface area contributed by atoms with Crippen molar-refractivity contribution >= 4 is 0 Å². The zero-order valence-electron chi connectivity index (χ0n) is 11.5. The lowest BCUT2D eigenvalue weighted by molar-refractivity contribution is -0.125. The molecule has 1 aromatic carbocycles. The van der Waals surface area contributed by atoms with Gasteiger partial charge in [0, 0.05) is 0 Å². The first-order chi connectivity index (χ1) is 9.85. The first-order valence-corrected chi connectivity index (χ1v) is 7.03. The molecule has 1 aliphatic carbocycles. The predicted octanol–water partition coefficient (Wildman–Crippen LogP) is 5.75. The van der Waals surface area contributed by atoms with Crippen molar-refractivity contribution in [3.63, 3.8) is 0 Å². The molecule has 0 radical (unpaired) electrons. The zero-order chi connectivity index (χ0) is 15.5. The predicted molar refractivity (Wildman–Crippen MR) is 70.9 cm³/mol. The number of hydrogen-bond acceptors (Lipinski definition) is 0. The van der Waals surface area contributed by atoms with Crippen LogP contribution in [0.1, 0.15) is 43.6 Å². The standard InChI is InChI=1S/C16H17F5/c17-14-8-7-13(10-15(14)18)12-5-3-11(4-6-12)2-1-9-16(19,20)21/h1-2,7-8,10-12H,3-6,9H2. The maximum absolute atomic E-state index is 13.2. The number of hydrogen-bond donors (Lipinski definition) is 0. The van der Waals surface area contributed by atoms with Gasteiger partial charge >= 0.3 is 6.18 Å². The molecule has 0 N–H and O–H groups in total. The van der Waals surface area contributed by atoms with Crippen molar-refractivity contribution in [3.8, 4) is 0 Å². The molecule has 1 aliphatic rings. The van der Waals surface area contributed by atoms with Gasteiger partial charge in [-0.2, -0.15) is 13.2 Å². The first kappa shape index (κ1) is 16.0. The molecule has 0 atom stereocenters. The van der Waals surface area contributed by atoms with Gasteiger partial charge in [0.15, 0.2) is 11.6 Å². The van der Waals surface area contributed by atoms with E-state index in [4.69, 9.17) is 0 Å². The highest BCUT2D eigenvalue weighted by Gasteiger charge is 2.25. The van der Waals surface area contributed by atoms with E-state index in [2.05, 4.69) is 0 Å². The molecule has 0 nitrogen and oxygen atoms in total. The van der Waals surface area contributed by atoms with Gasteiger partial charge in [0.25, 0.3) is 0 Å². The second-order valence-corrected chi connectivity index (χ2v) is 5.53. The Morgan fingerprint density at radius 1 is 1.00 bits per heavy atom. The normalized spacial score (nSPS) is 23.7. The molecule has 2 rings (SSSR count). The van der Waals surface area contributed by atoms with Crippen molar-refractivity contribution in [2.45, 2.75) is 44.2 Å². The van der Waals surface area contributed by atoms with Crippen LogP contribution in [0.15, 0.2) is 30.4 Å². The third-order valence-electron chi connectivity index (χ3n) is 3.94. The van der Waals surface area contributed by atoms with Crippen molar-refractivity contribution < 1.29 is 22.0 Å². The Morgan fingerprint density at radius 3 is 2.24 bits per heavy atom. The van der Waals surface area contributed by atoms with Crippen molar-refractivity contribution in [1.29, 1.82) is 0 Å². The molecule has 116 valence electrons. The van der Waals surface area contributed by atoms with E-state index in [0.717, 1.165) is 37.3 Å². The van der Waals surface area contributed by atoms with Gasteiger partial charge in [-0.25, -0.2) is 8.78 Å². The molecule has 21 heavy (non-hydrogen) atoms. The van der Waals surface area contributed by atoms with Crippen LogP contribution in [-0.4, -0.2) is 6.18 Å². The van der Waals surface area contributed by atoms with Crippen LogP contribution in [0.2, 0.25) is 0 Å². The Labute approximate surface area is 120 Å². The molecule has 5 heteroatoms. The monoisotopic (exact) mass is 304 g/mol. The summed E-state index contributed by atoms with van der Waals surface area (Å²) in [7, 11) is 0. The number of alkyl halides is 3. The summed E-state index contributed by atoms with van der Waals surface area (Å²) in [5, 5.41) is 0. The number of halogens is 5. The highest BCUT2D eigenvalue weighted by Crippen LogP contribution is 2.37. The van der Waals surface area contributed by atoms with E-state index in [0.29, 0.717) is 0 Å². The lowest BCUT2D eigenvalue weighted by Gasteiger charge is -2.27. The summed E-state index contributed by atoms with van der Waals surface area (Å²) in [5.41, 5.74) is 0.770. The lowest BCUT2D eigenvalue weighted by atomic mass is 9.78. The fourth-order valence-corrected chi connectivity index (χ4v) is 2.81. The van der Waals surface area contributed by atoms with E-state index in [1.165, 1.54) is 12.1 Å². The van der Waals surface area contributed by atoms with Crippen LogP contribution in [0.4, 0.5) is 22.0 Å². The summed E-state index contributed by atoms with van der Waals surface area (Å²) >= 11 is 0. The largest absolute Gasteiger partial charge is 0.392 e. The minimum atomic E-state index is -4.15. The van der Waals surface area contributed by atoms with Crippen LogP contribution in [0.5, 0.6) is 0 Å². The molecule has 0 spiro atoms. The average Bonchev–Trinajstić information content (AvgIpc) is 2.41. The Kier molecular flexibility index (Phi) is 5.01. The molecule has 0 unspecified atom stereocenters. The van der Waals surface area contributed by atoms with Gasteiger partial charge < -0.3 is 0 Å². The van der Waals surface area contributed by atoms with E-state index in [-0.39, 0.29) is 11.8 Å². The van der Waals surface area contributed by atoms with Crippen molar-refractivity contribution in [2.24, 2.45) is 5.92 Å². The summed E-state index contributed by atoms with van der Waals surface area (Å²) in [6.45, 7) is 0. The Bertz CT molecular complexity index is 496. The molecule has 0 heterocycles. The molecule has 1 fully saturated rings. The maximum Gasteiger partial charge on any atom is 0.392 e. The Morgan fingerprint density at radius 2 is 1.67 bits per heavy atom. The van der Waals surface area contributed by atoms with Crippen LogP contribution in [0.3, 0.4) is 0 Å². The fraction of sp³-hybridized carbons (Fsp3) is 0.500. The Hall–Kier alpha value is -1.39. The van der Waals surface area contributed by atoms with Crippen LogP contribution in [0.25, 0.3) is 0 Å². The van der Waals surface area contributed by atoms with Crippen LogP contribution < -0.4 is 0 Å². The van der Waals surface area contributed by atoms with E-state index < -0.39 is 24.2 Å². The van der Waals surface area contributed by atoms with Crippen LogP contribution >= 0.6 is 0 Å². The summed E-state index contributed by atoms with van der Waals surface area (Å²) in [6, 6.07) is 3.93. The zero-order valence-corrected chi connectivity index (χ0v) is 11.5. The number of benzene rings is 1. The van der Waals surface area contributed by atoms with E-state index in [1.807, 2.05) is 0 Å². The topological polar surface area (TPSA) is 0 Å². The summed E-state index contributed by atoms with van der Waals surface area (Å²) < 4.78 is 62.2. The smallest absolute Gasteiger partial charge is 0.204 e. The first-order valence-electron chi connectivity index (χ1n) is 7.03. The third-order valence-corrected chi connectivity index (χ3v) is 3.94. The molecule has 0 aromatic heterocycles. The lowest BCUT2D eigenvalue weighted by Crippen LogP contribution is -2.12. The summed E-state index contributed by atoms with van der Waals surface area (Å²) in [4.78, 5) is 0. The van der Waals surface area contributed by atoms with Gasteiger partial charge in [0.2, 0.25) is 0 Å². The molecule has 0 saturated heterocycles.